The monoisotopic (exact) mass is 358 g/mol. The fourth-order valence-electron chi connectivity index (χ4n) is 3.62. The number of carbonyl (C=O) groups is 1. The number of aromatic nitrogens is 5. The van der Waals surface area contributed by atoms with Gasteiger partial charge in [-0.2, -0.15) is 5.10 Å². The molecule has 1 aliphatic heterocycles. The van der Waals surface area contributed by atoms with E-state index in [2.05, 4.69) is 35.5 Å². The second kappa shape index (κ2) is 8.47. The van der Waals surface area contributed by atoms with Gasteiger partial charge < -0.3 is 4.90 Å². The first-order valence-corrected chi connectivity index (χ1v) is 9.81. The Morgan fingerprint density at radius 3 is 2.88 bits per heavy atom. The average molecular weight is 358 g/mol. The van der Waals surface area contributed by atoms with Crippen LogP contribution in [0.3, 0.4) is 0 Å². The van der Waals surface area contributed by atoms with Gasteiger partial charge in [-0.05, 0) is 44.1 Å². The number of amides is 1. The summed E-state index contributed by atoms with van der Waals surface area (Å²) >= 11 is 0. The molecule has 3 heterocycles. The van der Waals surface area contributed by atoms with Crippen LogP contribution in [0, 0.1) is 5.92 Å². The molecule has 142 valence electrons. The van der Waals surface area contributed by atoms with Crippen LogP contribution in [0.25, 0.3) is 0 Å². The summed E-state index contributed by atoms with van der Waals surface area (Å²) in [6.45, 7) is 6.66. The van der Waals surface area contributed by atoms with Crippen molar-refractivity contribution in [1.29, 1.82) is 0 Å². The molecule has 1 aliphatic rings. The topological polar surface area (TPSA) is 68.8 Å². The fraction of sp³-hybridized carbons (Fsp3) is 0.684. The summed E-state index contributed by atoms with van der Waals surface area (Å²) in [6, 6.07) is 1.92. The van der Waals surface area contributed by atoms with Crippen molar-refractivity contribution in [3.63, 3.8) is 0 Å². The van der Waals surface area contributed by atoms with Gasteiger partial charge in [-0.3, -0.25) is 14.2 Å². The number of unbranched alkanes of at least 4 members (excludes halogenated alkanes) is 1. The summed E-state index contributed by atoms with van der Waals surface area (Å²) in [5.41, 5.74) is 2.72. The normalized spacial score (nSPS) is 17.7. The Morgan fingerprint density at radius 1 is 1.31 bits per heavy atom. The van der Waals surface area contributed by atoms with E-state index >= 15 is 0 Å². The molecule has 2 aromatic heterocycles. The van der Waals surface area contributed by atoms with Crippen LogP contribution in [0.1, 0.15) is 61.4 Å². The van der Waals surface area contributed by atoms with Crippen LogP contribution in [-0.2, 0) is 26.4 Å². The molecule has 0 bridgehead atoms. The van der Waals surface area contributed by atoms with Crippen molar-refractivity contribution in [2.24, 2.45) is 13.0 Å². The van der Waals surface area contributed by atoms with Crippen LogP contribution < -0.4 is 0 Å². The van der Waals surface area contributed by atoms with Gasteiger partial charge >= 0.3 is 0 Å². The smallest absolute Gasteiger partial charge is 0.272 e. The molecule has 1 amide bonds. The van der Waals surface area contributed by atoms with E-state index in [4.69, 9.17) is 0 Å². The van der Waals surface area contributed by atoms with E-state index in [9.17, 15) is 4.79 Å². The SMILES string of the molecule is CCCCc1cn(C[C@H]2CCCN(C(=O)c3cc(CC)nn3C)C2)nn1. The maximum atomic E-state index is 12.9. The summed E-state index contributed by atoms with van der Waals surface area (Å²) < 4.78 is 3.66. The van der Waals surface area contributed by atoms with Gasteiger partial charge in [0.05, 0.1) is 11.4 Å². The number of hydrogen-bond donors (Lipinski definition) is 0. The number of hydrogen-bond acceptors (Lipinski definition) is 4. The van der Waals surface area contributed by atoms with Gasteiger partial charge in [0.25, 0.3) is 5.91 Å². The van der Waals surface area contributed by atoms with Crippen molar-refractivity contribution in [2.45, 2.75) is 58.9 Å². The van der Waals surface area contributed by atoms with E-state index in [0.717, 1.165) is 63.1 Å². The Bertz CT molecular complexity index is 734. The number of likely N-dealkylation sites (tertiary alicyclic amines) is 1. The zero-order chi connectivity index (χ0) is 18.5. The molecule has 0 unspecified atom stereocenters. The highest BCUT2D eigenvalue weighted by molar-refractivity contribution is 5.92. The molecule has 26 heavy (non-hydrogen) atoms. The quantitative estimate of drug-likeness (QED) is 0.762. The maximum absolute atomic E-state index is 12.9. The molecule has 0 aromatic carbocycles. The molecular formula is C19H30N6O. The van der Waals surface area contributed by atoms with Gasteiger partial charge in [-0.15, -0.1) is 5.10 Å². The number of rotatable bonds is 7. The molecule has 7 nitrogen and oxygen atoms in total. The van der Waals surface area contributed by atoms with E-state index in [1.54, 1.807) is 4.68 Å². The number of nitrogens with zero attached hydrogens (tertiary/aromatic N) is 6. The van der Waals surface area contributed by atoms with Crippen LogP contribution in [-0.4, -0.2) is 48.7 Å². The summed E-state index contributed by atoms with van der Waals surface area (Å²) in [4.78, 5) is 14.9. The maximum Gasteiger partial charge on any atom is 0.272 e. The molecule has 0 aliphatic carbocycles. The first-order chi connectivity index (χ1) is 12.6. The second-order valence-corrected chi connectivity index (χ2v) is 7.29. The third-order valence-electron chi connectivity index (χ3n) is 5.14. The molecule has 0 radical (unpaired) electrons. The van der Waals surface area contributed by atoms with Crippen molar-refractivity contribution in [1.82, 2.24) is 29.7 Å². The van der Waals surface area contributed by atoms with Crippen LogP contribution in [0.2, 0.25) is 0 Å². The van der Waals surface area contributed by atoms with Gasteiger partial charge in [0.2, 0.25) is 0 Å². The number of piperidine rings is 1. The number of carbonyl (C=O) groups excluding carboxylic acids is 1. The largest absolute Gasteiger partial charge is 0.337 e. The lowest BCUT2D eigenvalue weighted by Gasteiger charge is -2.32. The van der Waals surface area contributed by atoms with E-state index in [1.807, 2.05) is 22.7 Å². The highest BCUT2D eigenvalue weighted by Gasteiger charge is 2.27. The molecular weight excluding hydrogens is 328 g/mol. The second-order valence-electron chi connectivity index (χ2n) is 7.29. The molecule has 7 heteroatoms. The molecule has 1 saturated heterocycles. The summed E-state index contributed by atoms with van der Waals surface area (Å²) in [5, 5.41) is 12.9. The summed E-state index contributed by atoms with van der Waals surface area (Å²) in [7, 11) is 1.85. The molecule has 0 N–H and O–H groups in total. The van der Waals surface area contributed by atoms with Gasteiger partial charge in [0.1, 0.15) is 5.69 Å². The molecule has 1 atom stereocenters. The van der Waals surface area contributed by atoms with Gasteiger partial charge in [-0.25, -0.2) is 0 Å². The van der Waals surface area contributed by atoms with Crippen molar-refractivity contribution in [3.05, 3.63) is 29.3 Å². The first-order valence-electron chi connectivity index (χ1n) is 9.81. The lowest BCUT2D eigenvalue weighted by Crippen LogP contribution is -2.41. The van der Waals surface area contributed by atoms with Gasteiger partial charge in [0.15, 0.2) is 0 Å². The standard InChI is InChI=1S/C19H30N6O/c1-4-6-9-17-14-25(22-20-17)13-15-8-7-10-24(12-15)19(26)18-11-16(5-2)21-23(18)3/h11,14-15H,4-10,12-13H2,1-3H3/t15-/m0/s1. The third-order valence-corrected chi connectivity index (χ3v) is 5.14. The van der Waals surface area contributed by atoms with Crippen LogP contribution >= 0.6 is 0 Å². The number of aryl methyl sites for hydroxylation is 3. The molecule has 3 rings (SSSR count). The fourth-order valence-corrected chi connectivity index (χ4v) is 3.62. The zero-order valence-corrected chi connectivity index (χ0v) is 16.2. The van der Waals surface area contributed by atoms with Crippen molar-refractivity contribution in [3.8, 4) is 0 Å². The van der Waals surface area contributed by atoms with Crippen molar-refractivity contribution >= 4 is 5.91 Å². The van der Waals surface area contributed by atoms with Crippen LogP contribution in [0.4, 0.5) is 0 Å². The average Bonchev–Trinajstić information content (AvgIpc) is 3.25. The minimum absolute atomic E-state index is 0.0895. The lowest BCUT2D eigenvalue weighted by atomic mass is 9.97. The minimum Gasteiger partial charge on any atom is -0.337 e. The molecule has 0 spiro atoms. The van der Waals surface area contributed by atoms with Crippen LogP contribution in [0.5, 0.6) is 0 Å². The predicted molar refractivity (Wildman–Crippen MR) is 99.8 cm³/mol. The summed E-state index contributed by atoms with van der Waals surface area (Å²) in [5.74, 6) is 0.513. The Morgan fingerprint density at radius 2 is 2.15 bits per heavy atom. The lowest BCUT2D eigenvalue weighted by molar-refractivity contribution is 0.0648. The van der Waals surface area contributed by atoms with E-state index in [-0.39, 0.29) is 5.91 Å². The Balaban J connectivity index is 1.60. The Hall–Kier alpha value is -2.18. The molecule has 1 fully saturated rings. The summed E-state index contributed by atoms with van der Waals surface area (Å²) in [6.07, 6.45) is 8.37. The van der Waals surface area contributed by atoms with E-state index in [0.29, 0.717) is 11.6 Å². The minimum atomic E-state index is 0.0895. The Labute approximate surface area is 155 Å². The molecule has 2 aromatic rings. The predicted octanol–water partition coefficient (Wildman–Crippen LogP) is 2.47. The van der Waals surface area contributed by atoms with E-state index < -0.39 is 0 Å². The van der Waals surface area contributed by atoms with Crippen molar-refractivity contribution in [2.75, 3.05) is 13.1 Å². The van der Waals surface area contributed by atoms with E-state index in [1.165, 1.54) is 6.42 Å². The van der Waals surface area contributed by atoms with Crippen LogP contribution in [0.15, 0.2) is 12.3 Å². The third kappa shape index (κ3) is 4.31. The van der Waals surface area contributed by atoms with Gasteiger partial charge in [0, 0.05) is 32.9 Å². The first kappa shape index (κ1) is 18.6. The highest BCUT2D eigenvalue weighted by atomic mass is 16.2. The molecule has 0 saturated carbocycles. The highest BCUT2D eigenvalue weighted by Crippen LogP contribution is 2.20. The van der Waals surface area contributed by atoms with Crippen molar-refractivity contribution < 1.29 is 4.79 Å². The van der Waals surface area contributed by atoms with Gasteiger partial charge in [-0.1, -0.05) is 25.5 Å². The zero-order valence-electron chi connectivity index (χ0n) is 16.2. The Kier molecular flexibility index (Phi) is 6.06.